The van der Waals surface area contributed by atoms with Crippen molar-refractivity contribution in [3.8, 4) is 5.75 Å². The highest BCUT2D eigenvalue weighted by atomic mass is 32.1. The monoisotopic (exact) mass is 294 g/mol. The molecule has 4 nitrogen and oxygen atoms in total. The van der Waals surface area contributed by atoms with E-state index in [1.54, 1.807) is 0 Å². The summed E-state index contributed by atoms with van der Waals surface area (Å²) in [5.74, 6) is 0.180. The number of thiol groups is 1. The largest absolute Gasteiger partial charge is 0.482 e. The second kappa shape index (κ2) is 7.22. The fourth-order valence-electron chi connectivity index (χ4n) is 1.23. The number of nitrogens with zero attached hydrogens (tertiary/aromatic N) is 1. The maximum Gasteiger partial charge on any atom is 0.422 e. The van der Waals surface area contributed by atoms with E-state index in [0.29, 0.717) is 11.3 Å². The van der Waals surface area contributed by atoms with E-state index in [4.69, 9.17) is 0 Å². The molecule has 0 saturated carbocycles. The van der Waals surface area contributed by atoms with Crippen molar-refractivity contribution in [3.63, 3.8) is 0 Å². The normalized spacial score (nSPS) is 11.2. The van der Waals surface area contributed by atoms with E-state index in [1.807, 2.05) is 0 Å². The highest BCUT2D eigenvalue weighted by molar-refractivity contribution is 7.80. The molecule has 0 radical (unpaired) electrons. The van der Waals surface area contributed by atoms with Gasteiger partial charge in [0.1, 0.15) is 5.75 Å². The van der Waals surface area contributed by atoms with Crippen molar-refractivity contribution in [2.45, 2.75) is 19.1 Å². The van der Waals surface area contributed by atoms with Crippen LogP contribution in [0.2, 0.25) is 0 Å². The van der Waals surface area contributed by atoms with Crippen molar-refractivity contribution < 1.29 is 22.7 Å². The highest BCUT2D eigenvalue weighted by Crippen LogP contribution is 2.21. The minimum Gasteiger partial charge on any atom is -0.482 e. The van der Waals surface area contributed by atoms with Gasteiger partial charge in [0.05, 0.1) is 6.20 Å². The Morgan fingerprint density at radius 2 is 2.21 bits per heavy atom. The lowest BCUT2D eigenvalue weighted by Crippen LogP contribution is -2.24. The molecule has 0 bridgehead atoms. The van der Waals surface area contributed by atoms with E-state index in [9.17, 15) is 18.0 Å². The van der Waals surface area contributed by atoms with Gasteiger partial charge < -0.3 is 10.1 Å². The molecule has 0 atom stereocenters. The van der Waals surface area contributed by atoms with Crippen molar-refractivity contribution in [1.82, 2.24) is 10.3 Å². The summed E-state index contributed by atoms with van der Waals surface area (Å²) in [7, 11) is 0. The van der Waals surface area contributed by atoms with Gasteiger partial charge in [-0.15, -0.1) is 0 Å². The second-order valence-electron chi connectivity index (χ2n) is 3.64. The number of amides is 1. The summed E-state index contributed by atoms with van der Waals surface area (Å²) in [5.41, 5.74) is 0.437. The average Bonchev–Trinajstić information content (AvgIpc) is 2.34. The van der Waals surface area contributed by atoms with Gasteiger partial charge in [-0.05, 0) is 11.8 Å². The lowest BCUT2D eigenvalue weighted by molar-refractivity contribution is -0.153. The summed E-state index contributed by atoms with van der Waals surface area (Å²) >= 11 is 3.91. The molecular formula is C11H13F3N2O2S. The fourth-order valence-corrected chi connectivity index (χ4v) is 1.43. The van der Waals surface area contributed by atoms with E-state index in [0.717, 1.165) is 0 Å². The number of carbonyl (C=O) groups excluding carboxylic acids is 1. The van der Waals surface area contributed by atoms with Crippen LogP contribution in [0.25, 0.3) is 0 Å². The smallest absolute Gasteiger partial charge is 0.422 e. The molecule has 0 fully saturated rings. The zero-order valence-electron chi connectivity index (χ0n) is 9.91. The number of pyridine rings is 1. The lowest BCUT2D eigenvalue weighted by Gasteiger charge is -2.13. The van der Waals surface area contributed by atoms with Gasteiger partial charge in [-0.3, -0.25) is 9.78 Å². The van der Waals surface area contributed by atoms with Crippen LogP contribution >= 0.6 is 12.6 Å². The van der Waals surface area contributed by atoms with E-state index < -0.39 is 12.8 Å². The summed E-state index contributed by atoms with van der Waals surface area (Å²) in [6.07, 6.45) is -1.57. The van der Waals surface area contributed by atoms with Crippen LogP contribution in [0.4, 0.5) is 13.2 Å². The first-order chi connectivity index (χ1) is 8.92. The Morgan fingerprint density at radius 3 is 2.84 bits per heavy atom. The molecule has 1 rings (SSSR count). The number of carbonyl (C=O) groups is 1. The maximum atomic E-state index is 12.1. The van der Waals surface area contributed by atoms with E-state index in [1.165, 1.54) is 18.5 Å². The molecule has 1 N–H and O–H groups in total. The molecule has 1 amide bonds. The number of nitrogens with one attached hydrogen (secondary N) is 1. The Kier molecular flexibility index (Phi) is 5.94. The molecule has 0 aliphatic heterocycles. The summed E-state index contributed by atoms with van der Waals surface area (Å²) < 4.78 is 40.8. The molecule has 0 aromatic carbocycles. The number of ether oxygens (including phenoxy) is 1. The van der Waals surface area contributed by atoms with Gasteiger partial charge in [-0.1, -0.05) is 0 Å². The van der Waals surface area contributed by atoms with E-state index in [-0.39, 0.29) is 24.6 Å². The fraction of sp³-hybridized carbons (Fsp3) is 0.455. The highest BCUT2D eigenvalue weighted by Gasteiger charge is 2.28. The Morgan fingerprint density at radius 1 is 1.47 bits per heavy atom. The first kappa shape index (κ1) is 15.6. The Labute approximate surface area is 113 Å². The molecule has 0 unspecified atom stereocenters. The van der Waals surface area contributed by atoms with E-state index in [2.05, 4.69) is 27.7 Å². The van der Waals surface area contributed by atoms with Crippen LogP contribution in [0.1, 0.15) is 12.0 Å². The lowest BCUT2D eigenvalue weighted by atomic mass is 10.2. The topological polar surface area (TPSA) is 51.2 Å². The summed E-state index contributed by atoms with van der Waals surface area (Å²) in [6.45, 7) is -1.31. The zero-order valence-corrected chi connectivity index (χ0v) is 10.8. The third kappa shape index (κ3) is 6.32. The zero-order chi connectivity index (χ0) is 14.3. The molecule has 19 heavy (non-hydrogen) atoms. The molecule has 106 valence electrons. The number of halogens is 3. The minimum absolute atomic E-state index is 0.00555. The number of alkyl halides is 3. The summed E-state index contributed by atoms with van der Waals surface area (Å²) in [4.78, 5) is 14.9. The van der Waals surface area contributed by atoms with Crippen LogP contribution in [0.5, 0.6) is 5.75 Å². The first-order valence-electron chi connectivity index (χ1n) is 5.42. The first-order valence-corrected chi connectivity index (χ1v) is 6.05. The van der Waals surface area contributed by atoms with Crippen molar-refractivity contribution in [2.75, 3.05) is 12.4 Å². The number of hydrogen-bond acceptors (Lipinski definition) is 4. The molecule has 1 aromatic rings. The third-order valence-corrected chi connectivity index (χ3v) is 2.30. The van der Waals surface area contributed by atoms with Crippen LogP contribution in [0.15, 0.2) is 18.5 Å². The van der Waals surface area contributed by atoms with Crippen LogP contribution < -0.4 is 10.1 Å². The Hall–Kier alpha value is -1.44. The van der Waals surface area contributed by atoms with E-state index >= 15 is 0 Å². The van der Waals surface area contributed by atoms with Gasteiger partial charge >= 0.3 is 6.18 Å². The van der Waals surface area contributed by atoms with Crippen LogP contribution in [-0.4, -0.2) is 29.4 Å². The van der Waals surface area contributed by atoms with Gasteiger partial charge in [0, 0.05) is 24.7 Å². The molecule has 0 saturated heterocycles. The maximum absolute atomic E-state index is 12.1. The molecule has 0 aliphatic carbocycles. The molecule has 0 aliphatic rings. The van der Waals surface area contributed by atoms with Gasteiger partial charge in [0.25, 0.3) is 0 Å². The molecule has 1 heterocycles. The van der Waals surface area contributed by atoms with Crippen LogP contribution in [-0.2, 0) is 11.3 Å². The average molecular weight is 294 g/mol. The Bertz CT molecular complexity index is 427. The van der Waals surface area contributed by atoms with Gasteiger partial charge in [0.2, 0.25) is 5.91 Å². The van der Waals surface area contributed by atoms with Crippen LogP contribution in [0, 0.1) is 0 Å². The predicted octanol–water partition coefficient (Wildman–Crippen LogP) is 1.96. The summed E-state index contributed by atoms with van der Waals surface area (Å²) in [6, 6.07) is 1.49. The van der Waals surface area contributed by atoms with Crippen molar-refractivity contribution >= 4 is 18.5 Å². The summed E-state index contributed by atoms with van der Waals surface area (Å²) in [5, 5.41) is 2.56. The number of aromatic nitrogens is 1. The standard InChI is InChI=1S/C11H13F3N2O2S/c12-11(13,14)7-18-9-6-15-3-1-8(9)5-16-10(17)2-4-19/h1,3,6,19H,2,4-5,7H2,(H,16,17). The minimum atomic E-state index is -4.41. The number of rotatable bonds is 6. The quantitative estimate of drug-likeness (QED) is 0.789. The van der Waals surface area contributed by atoms with Crippen molar-refractivity contribution in [1.29, 1.82) is 0 Å². The molecular weight excluding hydrogens is 281 g/mol. The van der Waals surface area contributed by atoms with Crippen LogP contribution in [0.3, 0.4) is 0 Å². The SMILES string of the molecule is O=C(CCS)NCc1ccncc1OCC(F)(F)F. The molecule has 8 heteroatoms. The molecule has 1 aromatic heterocycles. The van der Waals surface area contributed by atoms with Gasteiger partial charge in [-0.2, -0.15) is 25.8 Å². The van der Waals surface area contributed by atoms with Gasteiger partial charge in [0.15, 0.2) is 6.61 Å². The Balaban J connectivity index is 2.60. The molecule has 0 spiro atoms. The predicted molar refractivity (Wildman–Crippen MR) is 66.1 cm³/mol. The van der Waals surface area contributed by atoms with Gasteiger partial charge in [-0.25, -0.2) is 0 Å². The van der Waals surface area contributed by atoms with Crippen molar-refractivity contribution in [2.24, 2.45) is 0 Å². The number of hydrogen-bond donors (Lipinski definition) is 2. The van der Waals surface area contributed by atoms with Crippen molar-refractivity contribution in [3.05, 3.63) is 24.0 Å². The second-order valence-corrected chi connectivity index (χ2v) is 4.08. The third-order valence-electron chi connectivity index (χ3n) is 2.08.